The van der Waals surface area contributed by atoms with Crippen molar-refractivity contribution in [1.82, 2.24) is 25.5 Å². The number of rotatable bonds is 12. The molecule has 2 heterocycles. The van der Waals surface area contributed by atoms with Crippen LogP contribution in [-0.4, -0.2) is 86.4 Å². The van der Waals surface area contributed by atoms with Gasteiger partial charge >= 0.3 is 5.97 Å². The average molecular weight is 483 g/mol. The highest BCUT2D eigenvalue weighted by Gasteiger charge is 2.39. The van der Waals surface area contributed by atoms with Crippen LogP contribution in [0.1, 0.15) is 38.8 Å². The number of nitrogens with one attached hydrogen (secondary N) is 3. The van der Waals surface area contributed by atoms with Gasteiger partial charge in [0.05, 0.1) is 12.4 Å². The molecule has 0 spiro atoms. The quantitative estimate of drug-likeness (QED) is 0.271. The number of hydrogen-bond donors (Lipinski definition) is 5. The zero-order valence-electron chi connectivity index (χ0n) is 19.2. The SMILES string of the molecule is CSCCC(N)C(=O)NC(C(=O)NC(Cc1cnc[nH]1)C(=O)N1CCCC1C(=O)O)C(C)C. The molecule has 1 saturated heterocycles. The van der Waals surface area contributed by atoms with Gasteiger partial charge in [-0.2, -0.15) is 11.8 Å². The summed E-state index contributed by atoms with van der Waals surface area (Å²) in [6, 6.07) is -3.58. The van der Waals surface area contributed by atoms with Crippen molar-refractivity contribution < 1.29 is 24.3 Å². The minimum atomic E-state index is -1.07. The van der Waals surface area contributed by atoms with Crippen LogP contribution in [0.3, 0.4) is 0 Å². The van der Waals surface area contributed by atoms with Crippen molar-refractivity contribution in [3.63, 3.8) is 0 Å². The van der Waals surface area contributed by atoms with E-state index in [-0.39, 0.29) is 12.3 Å². The molecular weight excluding hydrogens is 448 g/mol. The van der Waals surface area contributed by atoms with Gasteiger partial charge in [-0.3, -0.25) is 14.4 Å². The predicted octanol–water partition coefficient (Wildman–Crippen LogP) is -0.266. The number of nitrogens with zero attached hydrogens (tertiary/aromatic N) is 2. The van der Waals surface area contributed by atoms with Gasteiger partial charge in [-0.05, 0) is 37.2 Å². The number of carbonyl (C=O) groups is 4. The number of imidazole rings is 1. The first-order valence-corrected chi connectivity index (χ1v) is 12.4. The molecule has 1 aromatic rings. The van der Waals surface area contributed by atoms with Gasteiger partial charge in [-0.25, -0.2) is 9.78 Å². The second kappa shape index (κ2) is 12.6. The van der Waals surface area contributed by atoms with Gasteiger partial charge in [0.25, 0.3) is 0 Å². The Hall–Kier alpha value is -2.60. The van der Waals surface area contributed by atoms with Gasteiger partial charge < -0.3 is 31.4 Å². The van der Waals surface area contributed by atoms with E-state index in [0.717, 1.165) is 0 Å². The number of H-pyrrole nitrogens is 1. The normalized spacial score (nSPS) is 18.6. The first kappa shape index (κ1) is 26.7. The summed E-state index contributed by atoms with van der Waals surface area (Å²) in [5, 5.41) is 14.9. The number of carboxylic acids is 1. The summed E-state index contributed by atoms with van der Waals surface area (Å²) in [7, 11) is 0. The maximum Gasteiger partial charge on any atom is 0.326 e. The van der Waals surface area contributed by atoms with Crippen LogP contribution in [0, 0.1) is 5.92 Å². The number of carbonyl (C=O) groups excluding carboxylic acids is 3. The minimum Gasteiger partial charge on any atom is -0.480 e. The monoisotopic (exact) mass is 482 g/mol. The van der Waals surface area contributed by atoms with Crippen molar-refractivity contribution in [2.45, 2.75) is 63.7 Å². The highest BCUT2D eigenvalue weighted by Crippen LogP contribution is 2.19. The van der Waals surface area contributed by atoms with Crippen LogP contribution in [-0.2, 0) is 25.6 Å². The molecular formula is C21H34N6O5S. The predicted molar refractivity (Wildman–Crippen MR) is 124 cm³/mol. The summed E-state index contributed by atoms with van der Waals surface area (Å²) in [5.41, 5.74) is 6.55. The number of thioether (sulfide) groups is 1. The van der Waals surface area contributed by atoms with E-state index in [1.807, 2.05) is 6.26 Å². The molecule has 0 aliphatic carbocycles. The van der Waals surface area contributed by atoms with Crippen LogP contribution in [0.5, 0.6) is 0 Å². The van der Waals surface area contributed by atoms with Crippen LogP contribution in [0.25, 0.3) is 0 Å². The third kappa shape index (κ3) is 7.46. The summed E-state index contributed by atoms with van der Waals surface area (Å²) >= 11 is 1.57. The first-order valence-electron chi connectivity index (χ1n) is 11.0. The minimum absolute atomic E-state index is 0.111. The van der Waals surface area contributed by atoms with Crippen LogP contribution >= 0.6 is 11.8 Å². The van der Waals surface area contributed by atoms with Crippen molar-refractivity contribution >= 4 is 35.5 Å². The number of aliphatic carboxylic acids is 1. The van der Waals surface area contributed by atoms with Crippen molar-refractivity contribution in [1.29, 1.82) is 0 Å². The Morgan fingerprint density at radius 2 is 2.03 bits per heavy atom. The Bertz CT molecular complexity index is 818. The standard InChI is InChI=1S/C21H34N6O5S/c1-12(2)17(26-18(28)14(22)6-8-33-3)19(29)25-15(9-13-10-23-11-24-13)20(30)27-7-4-5-16(27)21(31)32/h10-12,14-17H,4-9,22H2,1-3H3,(H,23,24)(H,25,29)(H,26,28)(H,31,32). The molecule has 0 radical (unpaired) electrons. The third-order valence-electron chi connectivity index (χ3n) is 5.63. The second-order valence-electron chi connectivity index (χ2n) is 8.49. The van der Waals surface area contributed by atoms with Crippen molar-refractivity contribution in [2.75, 3.05) is 18.6 Å². The molecule has 11 nitrogen and oxygen atoms in total. The van der Waals surface area contributed by atoms with Crippen LogP contribution in [0.2, 0.25) is 0 Å². The zero-order chi connectivity index (χ0) is 24.5. The Morgan fingerprint density at radius 1 is 1.30 bits per heavy atom. The lowest BCUT2D eigenvalue weighted by atomic mass is 10.0. The van der Waals surface area contributed by atoms with Crippen molar-refractivity contribution in [2.24, 2.45) is 11.7 Å². The molecule has 6 N–H and O–H groups in total. The molecule has 2 rings (SSSR count). The second-order valence-corrected chi connectivity index (χ2v) is 9.47. The summed E-state index contributed by atoms with van der Waals surface area (Å²) in [6.07, 6.45) is 6.45. The van der Waals surface area contributed by atoms with E-state index in [4.69, 9.17) is 5.73 Å². The van der Waals surface area contributed by atoms with E-state index in [1.54, 1.807) is 25.6 Å². The van der Waals surface area contributed by atoms with Crippen LogP contribution in [0.15, 0.2) is 12.5 Å². The fraction of sp³-hybridized carbons (Fsp3) is 0.667. The van der Waals surface area contributed by atoms with Gasteiger partial charge in [0.2, 0.25) is 17.7 Å². The molecule has 33 heavy (non-hydrogen) atoms. The average Bonchev–Trinajstić information content (AvgIpc) is 3.46. The van der Waals surface area contributed by atoms with Crippen LogP contribution in [0.4, 0.5) is 0 Å². The molecule has 0 bridgehead atoms. The van der Waals surface area contributed by atoms with Gasteiger partial charge in [0.15, 0.2) is 0 Å². The lowest BCUT2D eigenvalue weighted by Crippen LogP contribution is -2.59. The number of hydrogen-bond acceptors (Lipinski definition) is 7. The Labute approximate surface area is 197 Å². The van der Waals surface area contributed by atoms with E-state index in [2.05, 4.69) is 20.6 Å². The maximum atomic E-state index is 13.3. The smallest absolute Gasteiger partial charge is 0.326 e. The Kier molecular flexibility index (Phi) is 10.2. The number of carboxylic acid groups (broad SMARTS) is 1. The van der Waals surface area contributed by atoms with E-state index < -0.39 is 47.9 Å². The lowest BCUT2D eigenvalue weighted by molar-refractivity contribution is -0.149. The molecule has 4 unspecified atom stereocenters. The third-order valence-corrected chi connectivity index (χ3v) is 6.28. The largest absolute Gasteiger partial charge is 0.480 e. The Balaban J connectivity index is 2.17. The molecule has 4 atom stereocenters. The van der Waals surface area contributed by atoms with Crippen molar-refractivity contribution in [3.05, 3.63) is 18.2 Å². The van der Waals surface area contributed by atoms with Gasteiger partial charge in [-0.1, -0.05) is 13.8 Å². The number of aromatic amines is 1. The zero-order valence-corrected chi connectivity index (χ0v) is 20.1. The Morgan fingerprint density at radius 3 is 2.61 bits per heavy atom. The van der Waals surface area contributed by atoms with Gasteiger partial charge in [0.1, 0.15) is 18.1 Å². The van der Waals surface area contributed by atoms with E-state index in [1.165, 1.54) is 17.4 Å². The maximum absolute atomic E-state index is 13.3. The van der Waals surface area contributed by atoms with E-state index in [0.29, 0.717) is 37.3 Å². The topological polar surface area (TPSA) is 171 Å². The molecule has 1 aliphatic heterocycles. The summed E-state index contributed by atoms with van der Waals surface area (Å²) in [6.45, 7) is 3.87. The number of nitrogens with two attached hydrogens (primary N) is 1. The first-order chi connectivity index (χ1) is 15.6. The molecule has 1 aromatic heterocycles. The number of likely N-dealkylation sites (tertiary alicyclic amines) is 1. The summed E-state index contributed by atoms with van der Waals surface area (Å²) in [5.74, 6) is -2.05. The molecule has 1 fully saturated rings. The number of aromatic nitrogens is 2. The van der Waals surface area contributed by atoms with Crippen molar-refractivity contribution in [3.8, 4) is 0 Å². The molecule has 184 valence electrons. The molecule has 0 aromatic carbocycles. The molecule has 12 heteroatoms. The van der Waals surface area contributed by atoms with Crippen LogP contribution < -0.4 is 16.4 Å². The fourth-order valence-corrected chi connectivity index (χ4v) is 4.23. The summed E-state index contributed by atoms with van der Waals surface area (Å²) in [4.78, 5) is 58.6. The highest BCUT2D eigenvalue weighted by atomic mass is 32.2. The molecule has 3 amide bonds. The lowest BCUT2D eigenvalue weighted by Gasteiger charge is -2.29. The van der Waals surface area contributed by atoms with Gasteiger partial charge in [0, 0.05) is 24.9 Å². The number of amides is 3. The fourth-order valence-electron chi connectivity index (χ4n) is 3.74. The molecule has 0 saturated carbocycles. The van der Waals surface area contributed by atoms with Gasteiger partial charge in [-0.15, -0.1) is 0 Å². The molecule has 1 aliphatic rings. The summed E-state index contributed by atoms with van der Waals surface area (Å²) < 4.78 is 0. The van der Waals surface area contributed by atoms with E-state index >= 15 is 0 Å². The van der Waals surface area contributed by atoms with E-state index in [9.17, 15) is 24.3 Å². The highest BCUT2D eigenvalue weighted by molar-refractivity contribution is 7.98.